The minimum atomic E-state index is 0.401. The topological polar surface area (TPSA) is 37.8 Å². The summed E-state index contributed by atoms with van der Waals surface area (Å²) in [5.74, 6) is 0.792. The first-order chi connectivity index (χ1) is 10.3. The summed E-state index contributed by atoms with van der Waals surface area (Å²) in [7, 11) is 2.05. The zero-order valence-electron chi connectivity index (χ0n) is 13.5. The highest BCUT2D eigenvalue weighted by molar-refractivity contribution is 5.74. The number of nitrogens with zero attached hydrogens (tertiary/aromatic N) is 2. The van der Waals surface area contributed by atoms with Gasteiger partial charge in [0.25, 0.3) is 0 Å². The predicted molar refractivity (Wildman–Crippen MR) is 89.3 cm³/mol. The number of nitrogens with one attached hydrogen (secondary N) is 1. The van der Waals surface area contributed by atoms with Crippen LogP contribution in [0.1, 0.15) is 57.6 Å². The average molecular weight is 285 g/mol. The van der Waals surface area contributed by atoms with Crippen molar-refractivity contribution >= 4 is 11.0 Å². The Kier molecular flexibility index (Phi) is 6.12. The van der Waals surface area contributed by atoms with Gasteiger partial charge in [-0.3, -0.25) is 9.97 Å². The fourth-order valence-electron chi connectivity index (χ4n) is 2.93. The molecule has 0 saturated carbocycles. The lowest BCUT2D eigenvalue weighted by molar-refractivity contribution is 0.365. The maximum absolute atomic E-state index is 4.42. The van der Waals surface area contributed by atoms with E-state index in [1.54, 1.807) is 12.4 Å². The van der Waals surface area contributed by atoms with Crippen molar-refractivity contribution in [3.8, 4) is 0 Å². The summed E-state index contributed by atoms with van der Waals surface area (Å²) in [5, 5.41) is 3.48. The molecule has 0 aliphatic rings. The van der Waals surface area contributed by atoms with E-state index in [-0.39, 0.29) is 0 Å². The van der Waals surface area contributed by atoms with Gasteiger partial charge >= 0.3 is 0 Å². The standard InChI is InChI=1S/C18H27N3/c1-4-6-7-14(5-2)12-17(19-3)15-8-9-16-18(13-15)21-11-10-20-16/h8-11,13-14,17,19H,4-7,12H2,1-3H3. The third kappa shape index (κ3) is 4.24. The van der Waals surface area contributed by atoms with Gasteiger partial charge in [-0.05, 0) is 37.1 Å². The molecule has 114 valence electrons. The van der Waals surface area contributed by atoms with Gasteiger partial charge in [-0.15, -0.1) is 0 Å². The molecule has 1 aromatic carbocycles. The van der Waals surface area contributed by atoms with Gasteiger partial charge < -0.3 is 5.32 Å². The van der Waals surface area contributed by atoms with Crippen molar-refractivity contribution in [2.24, 2.45) is 5.92 Å². The zero-order chi connectivity index (χ0) is 15.1. The number of unbranched alkanes of at least 4 members (excludes halogenated alkanes) is 1. The maximum atomic E-state index is 4.42. The van der Waals surface area contributed by atoms with E-state index in [2.05, 4.69) is 54.4 Å². The molecule has 1 N–H and O–H groups in total. The van der Waals surface area contributed by atoms with Gasteiger partial charge in [0.2, 0.25) is 0 Å². The number of aromatic nitrogens is 2. The van der Waals surface area contributed by atoms with Crippen LogP contribution in [0.15, 0.2) is 30.6 Å². The summed E-state index contributed by atoms with van der Waals surface area (Å²) in [5.41, 5.74) is 3.27. The summed E-state index contributed by atoms with van der Waals surface area (Å²) >= 11 is 0. The molecule has 2 atom stereocenters. The smallest absolute Gasteiger partial charge is 0.0890 e. The van der Waals surface area contributed by atoms with Crippen molar-refractivity contribution in [1.29, 1.82) is 0 Å². The molecule has 0 spiro atoms. The predicted octanol–water partition coefficient (Wildman–Crippen LogP) is 4.50. The minimum absolute atomic E-state index is 0.401. The van der Waals surface area contributed by atoms with Crippen molar-refractivity contribution in [3.05, 3.63) is 36.2 Å². The molecular weight excluding hydrogens is 258 g/mol. The maximum Gasteiger partial charge on any atom is 0.0890 e. The average Bonchev–Trinajstić information content (AvgIpc) is 2.55. The molecule has 2 aromatic rings. The molecule has 2 rings (SSSR count). The molecule has 0 amide bonds. The summed E-state index contributed by atoms with van der Waals surface area (Å²) in [4.78, 5) is 8.76. The molecule has 1 aromatic heterocycles. The van der Waals surface area contributed by atoms with E-state index in [9.17, 15) is 0 Å². The third-order valence-electron chi connectivity index (χ3n) is 4.36. The Morgan fingerprint density at radius 3 is 2.52 bits per heavy atom. The molecule has 0 fully saturated rings. The fourth-order valence-corrected chi connectivity index (χ4v) is 2.93. The van der Waals surface area contributed by atoms with E-state index in [0.29, 0.717) is 6.04 Å². The highest BCUT2D eigenvalue weighted by Crippen LogP contribution is 2.27. The Hall–Kier alpha value is -1.48. The molecule has 3 heteroatoms. The van der Waals surface area contributed by atoms with Gasteiger partial charge in [0.1, 0.15) is 0 Å². The van der Waals surface area contributed by atoms with Crippen LogP contribution in [0.25, 0.3) is 11.0 Å². The number of rotatable bonds is 8. The van der Waals surface area contributed by atoms with Crippen LogP contribution in [0.4, 0.5) is 0 Å². The van der Waals surface area contributed by atoms with Crippen LogP contribution < -0.4 is 5.32 Å². The SMILES string of the molecule is CCCCC(CC)CC(NC)c1ccc2nccnc2c1. The van der Waals surface area contributed by atoms with E-state index < -0.39 is 0 Å². The molecule has 0 aliphatic heterocycles. The number of hydrogen-bond donors (Lipinski definition) is 1. The molecule has 0 bridgehead atoms. The lowest BCUT2D eigenvalue weighted by atomic mass is 9.89. The Bertz CT molecular complexity index is 553. The monoisotopic (exact) mass is 285 g/mol. The highest BCUT2D eigenvalue weighted by atomic mass is 14.9. The van der Waals surface area contributed by atoms with E-state index in [1.807, 2.05) is 0 Å². The quantitative estimate of drug-likeness (QED) is 0.776. The van der Waals surface area contributed by atoms with E-state index in [0.717, 1.165) is 17.0 Å². The van der Waals surface area contributed by atoms with Crippen LogP contribution in [0, 0.1) is 5.92 Å². The highest BCUT2D eigenvalue weighted by Gasteiger charge is 2.16. The summed E-state index contributed by atoms with van der Waals surface area (Å²) in [6.07, 6.45) is 9.90. The Balaban J connectivity index is 2.14. The largest absolute Gasteiger partial charge is 0.313 e. The third-order valence-corrected chi connectivity index (χ3v) is 4.36. The number of benzene rings is 1. The second kappa shape index (κ2) is 8.08. The van der Waals surface area contributed by atoms with E-state index in [4.69, 9.17) is 0 Å². The summed E-state index contributed by atoms with van der Waals surface area (Å²) in [6.45, 7) is 4.57. The number of fused-ring (bicyclic) bond motifs is 1. The second-order valence-corrected chi connectivity index (χ2v) is 5.80. The van der Waals surface area contributed by atoms with Crippen molar-refractivity contribution in [2.45, 2.75) is 52.0 Å². The van der Waals surface area contributed by atoms with Crippen LogP contribution in [-0.4, -0.2) is 17.0 Å². The lowest BCUT2D eigenvalue weighted by Gasteiger charge is -2.23. The molecule has 0 aliphatic carbocycles. The van der Waals surface area contributed by atoms with Gasteiger partial charge in [0.05, 0.1) is 11.0 Å². The molecule has 3 nitrogen and oxygen atoms in total. The minimum Gasteiger partial charge on any atom is -0.313 e. The molecule has 21 heavy (non-hydrogen) atoms. The van der Waals surface area contributed by atoms with Gasteiger partial charge in [0.15, 0.2) is 0 Å². The molecule has 0 saturated heterocycles. The molecule has 0 radical (unpaired) electrons. The zero-order valence-corrected chi connectivity index (χ0v) is 13.5. The Labute approximate surface area is 128 Å². The van der Waals surface area contributed by atoms with Crippen LogP contribution >= 0.6 is 0 Å². The van der Waals surface area contributed by atoms with Crippen molar-refractivity contribution in [2.75, 3.05) is 7.05 Å². The first-order valence-corrected chi connectivity index (χ1v) is 8.16. The Morgan fingerprint density at radius 2 is 1.86 bits per heavy atom. The molecule has 1 heterocycles. The number of hydrogen-bond acceptors (Lipinski definition) is 3. The second-order valence-electron chi connectivity index (χ2n) is 5.80. The van der Waals surface area contributed by atoms with Gasteiger partial charge in [0, 0.05) is 18.4 Å². The lowest BCUT2D eigenvalue weighted by Crippen LogP contribution is -2.20. The van der Waals surface area contributed by atoms with Gasteiger partial charge in [-0.2, -0.15) is 0 Å². The van der Waals surface area contributed by atoms with Crippen LogP contribution in [0.5, 0.6) is 0 Å². The van der Waals surface area contributed by atoms with Crippen molar-refractivity contribution < 1.29 is 0 Å². The molecular formula is C18H27N3. The first-order valence-electron chi connectivity index (χ1n) is 8.16. The first kappa shape index (κ1) is 15.9. The van der Waals surface area contributed by atoms with Gasteiger partial charge in [-0.25, -0.2) is 0 Å². The summed E-state index contributed by atoms with van der Waals surface area (Å²) < 4.78 is 0. The van der Waals surface area contributed by atoms with Crippen molar-refractivity contribution in [3.63, 3.8) is 0 Å². The van der Waals surface area contributed by atoms with Crippen molar-refractivity contribution in [1.82, 2.24) is 15.3 Å². The van der Waals surface area contributed by atoms with Crippen LogP contribution in [0.3, 0.4) is 0 Å². The van der Waals surface area contributed by atoms with E-state index >= 15 is 0 Å². The van der Waals surface area contributed by atoms with E-state index in [1.165, 1.54) is 37.7 Å². The summed E-state index contributed by atoms with van der Waals surface area (Å²) in [6, 6.07) is 6.84. The molecule has 2 unspecified atom stereocenters. The Morgan fingerprint density at radius 1 is 1.10 bits per heavy atom. The van der Waals surface area contributed by atoms with Crippen LogP contribution in [-0.2, 0) is 0 Å². The normalized spacial score (nSPS) is 14.2. The fraction of sp³-hybridized carbons (Fsp3) is 0.556. The van der Waals surface area contributed by atoms with Crippen LogP contribution in [0.2, 0.25) is 0 Å². The van der Waals surface area contributed by atoms with Gasteiger partial charge in [-0.1, -0.05) is 45.6 Å².